The lowest BCUT2D eigenvalue weighted by Gasteiger charge is -2.14. The molecule has 1 atom stereocenters. The molecule has 0 N–H and O–H groups in total. The first-order chi connectivity index (χ1) is 8.04. The average Bonchev–Trinajstić information content (AvgIpc) is 2.35. The van der Waals surface area contributed by atoms with Crippen molar-refractivity contribution in [3.05, 3.63) is 24.3 Å². The van der Waals surface area contributed by atoms with Gasteiger partial charge in [-0.15, -0.1) is 0 Å². The number of sulfone groups is 1. The highest BCUT2D eigenvalue weighted by atomic mass is 32.2. The van der Waals surface area contributed by atoms with Crippen LogP contribution in [0.3, 0.4) is 0 Å². The van der Waals surface area contributed by atoms with Gasteiger partial charge in [-0.05, 0) is 25.5 Å². The lowest BCUT2D eigenvalue weighted by molar-refractivity contribution is 0.402. The van der Waals surface area contributed by atoms with Crippen molar-refractivity contribution >= 4 is 9.84 Å². The topological polar surface area (TPSA) is 43.4 Å². The van der Waals surface area contributed by atoms with E-state index in [0.717, 1.165) is 12.8 Å². The van der Waals surface area contributed by atoms with Crippen LogP contribution in [-0.2, 0) is 9.84 Å². The molecule has 0 fully saturated rings. The van der Waals surface area contributed by atoms with Crippen molar-refractivity contribution in [1.82, 2.24) is 0 Å². The number of hydrogen-bond donors (Lipinski definition) is 0. The van der Waals surface area contributed by atoms with Gasteiger partial charge in [0.1, 0.15) is 10.6 Å². The molecule has 0 heterocycles. The molecule has 1 unspecified atom stereocenters. The second-order valence-electron chi connectivity index (χ2n) is 4.15. The molecule has 0 amide bonds. The van der Waals surface area contributed by atoms with Crippen molar-refractivity contribution in [3.8, 4) is 5.75 Å². The first kappa shape index (κ1) is 14.0. The second-order valence-corrected chi connectivity index (χ2v) is 6.48. The summed E-state index contributed by atoms with van der Waals surface area (Å²) in [4.78, 5) is 0.297. The number of benzene rings is 1. The van der Waals surface area contributed by atoms with Gasteiger partial charge in [0.05, 0.1) is 12.4 Å². The van der Waals surface area contributed by atoms with Gasteiger partial charge in [-0.2, -0.15) is 0 Å². The molecule has 0 aliphatic carbocycles. The standard InChI is InChI=1S/C13H20O3S/c1-4-5-8-11(2)17(14,15)13-10-7-6-9-12(13)16-3/h6-7,9-11H,4-5,8H2,1-3H3. The molecule has 0 aromatic heterocycles. The van der Waals surface area contributed by atoms with E-state index < -0.39 is 9.84 Å². The molecule has 1 aromatic rings. The van der Waals surface area contributed by atoms with Crippen molar-refractivity contribution in [2.24, 2.45) is 0 Å². The summed E-state index contributed by atoms with van der Waals surface area (Å²) in [5, 5.41) is -0.362. The van der Waals surface area contributed by atoms with Crippen molar-refractivity contribution in [1.29, 1.82) is 0 Å². The molecule has 0 aliphatic heterocycles. The number of methoxy groups -OCH3 is 1. The fraction of sp³-hybridized carbons (Fsp3) is 0.538. The molecule has 1 rings (SSSR count). The van der Waals surface area contributed by atoms with Crippen LogP contribution in [0.5, 0.6) is 5.75 Å². The Morgan fingerprint density at radius 3 is 2.53 bits per heavy atom. The van der Waals surface area contributed by atoms with Gasteiger partial charge in [-0.25, -0.2) is 8.42 Å². The van der Waals surface area contributed by atoms with Crippen LogP contribution in [0.25, 0.3) is 0 Å². The quantitative estimate of drug-likeness (QED) is 0.785. The largest absolute Gasteiger partial charge is 0.495 e. The van der Waals surface area contributed by atoms with E-state index in [1.807, 2.05) is 0 Å². The number of unbranched alkanes of at least 4 members (excludes halogenated alkanes) is 1. The van der Waals surface area contributed by atoms with E-state index in [-0.39, 0.29) is 5.25 Å². The molecule has 0 aliphatic rings. The van der Waals surface area contributed by atoms with Gasteiger partial charge in [-0.3, -0.25) is 0 Å². The lowest BCUT2D eigenvalue weighted by atomic mass is 10.2. The highest BCUT2D eigenvalue weighted by Crippen LogP contribution is 2.28. The van der Waals surface area contributed by atoms with E-state index in [1.54, 1.807) is 31.2 Å². The second kappa shape index (κ2) is 6.05. The third-order valence-electron chi connectivity index (χ3n) is 2.87. The van der Waals surface area contributed by atoms with Crippen LogP contribution in [-0.4, -0.2) is 20.8 Å². The Balaban J connectivity index is 3.04. The molecule has 4 heteroatoms. The minimum Gasteiger partial charge on any atom is -0.495 e. The Kier molecular flexibility index (Phi) is 5.00. The van der Waals surface area contributed by atoms with E-state index in [1.165, 1.54) is 7.11 Å². The highest BCUT2D eigenvalue weighted by Gasteiger charge is 2.25. The predicted octanol–water partition coefficient (Wildman–Crippen LogP) is 3.05. The van der Waals surface area contributed by atoms with Gasteiger partial charge in [0.15, 0.2) is 9.84 Å². The number of hydrogen-bond acceptors (Lipinski definition) is 3. The lowest BCUT2D eigenvalue weighted by Crippen LogP contribution is -2.18. The van der Waals surface area contributed by atoms with Crippen molar-refractivity contribution in [2.45, 2.75) is 43.3 Å². The van der Waals surface area contributed by atoms with Crippen LogP contribution in [0.2, 0.25) is 0 Å². The summed E-state index contributed by atoms with van der Waals surface area (Å²) in [7, 11) is -1.79. The van der Waals surface area contributed by atoms with Gasteiger partial charge in [0.25, 0.3) is 0 Å². The first-order valence-corrected chi connectivity index (χ1v) is 7.45. The number of ether oxygens (including phenoxy) is 1. The third-order valence-corrected chi connectivity index (χ3v) is 5.11. The molecule has 0 spiro atoms. The van der Waals surface area contributed by atoms with Crippen LogP contribution in [0.1, 0.15) is 33.1 Å². The summed E-state index contributed by atoms with van der Waals surface area (Å²) in [5.74, 6) is 0.427. The van der Waals surface area contributed by atoms with Crippen molar-refractivity contribution < 1.29 is 13.2 Å². The maximum Gasteiger partial charge on any atom is 0.184 e. The number of para-hydroxylation sites is 1. The molecule has 0 radical (unpaired) electrons. The van der Waals surface area contributed by atoms with Gasteiger partial charge in [-0.1, -0.05) is 31.9 Å². The van der Waals surface area contributed by atoms with Gasteiger partial charge < -0.3 is 4.74 Å². The normalized spacial score (nSPS) is 13.4. The highest BCUT2D eigenvalue weighted by molar-refractivity contribution is 7.92. The summed E-state index contributed by atoms with van der Waals surface area (Å²) >= 11 is 0. The number of rotatable bonds is 6. The van der Waals surface area contributed by atoms with E-state index >= 15 is 0 Å². The van der Waals surface area contributed by atoms with E-state index in [4.69, 9.17) is 4.74 Å². The van der Waals surface area contributed by atoms with Crippen LogP contribution < -0.4 is 4.74 Å². The fourth-order valence-corrected chi connectivity index (χ4v) is 3.33. The molecule has 0 bridgehead atoms. The minimum atomic E-state index is -3.28. The summed E-state index contributed by atoms with van der Waals surface area (Å²) in [6, 6.07) is 6.78. The Labute approximate surface area is 104 Å². The Hall–Kier alpha value is -1.03. The monoisotopic (exact) mass is 256 g/mol. The zero-order chi connectivity index (χ0) is 12.9. The zero-order valence-corrected chi connectivity index (χ0v) is 11.5. The van der Waals surface area contributed by atoms with Crippen LogP contribution in [0.4, 0.5) is 0 Å². The maximum atomic E-state index is 12.3. The van der Waals surface area contributed by atoms with E-state index in [0.29, 0.717) is 17.1 Å². The third kappa shape index (κ3) is 3.22. The first-order valence-electron chi connectivity index (χ1n) is 5.91. The smallest absolute Gasteiger partial charge is 0.184 e. The summed E-state index contributed by atoms with van der Waals surface area (Å²) in [6.45, 7) is 3.82. The maximum absolute atomic E-state index is 12.3. The van der Waals surface area contributed by atoms with Crippen LogP contribution in [0.15, 0.2) is 29.2 Å². The molecule has 1 aromatic carbocycles. The summed E-state index contributed by atoms with van der Waals surface area (Å²) in [5.41, 5.74) is 0. The van der Waals surface area contributed by atoms with E-state index in [2.05, 4.69) is 6.92 Å². The average molecular weight is 256 g/mol. The minimum absolute atomic E-state index is 0.297. The molecular weight excluding hydrogens is 236 g/mol. The van der Waals surface area contributed by atoms with Gasteiger partial charge in [0, 0.05) is 0 Å². The Bertz CT molecular complexity index is 451. The fourth-order valence-electron chi connectivity index (χ4n) is 1.72. The molecule has 96 valence electrons. The predicted molar refractivity (Wildman–Crippen MR) is 69.2 cm³/mol. The molecular formula is C13H20O3S. The van der Waals surface area contributed by atoms with Crippen molar-refractivity contribution in [3.63, 3.8) is 0 Å². The summed E-state index contributed by atoms with van der Waals surface area (Å²) in [6.07, 6.45) is 2.62. The molecule has 0 saturated carbocycles. The SMILES string of the molecule is CCCCC(C)S(=O)(=O)c1ccccc1OC. The Morgan fingerprint density at radius 2 is 1.94 bits per heavy atom. The van der Waals surface area contributed by atoms with Crippen molar-refractivity contribution in [2.75, 3.05) is 7.11 Å². The van der Waals surface area contributed by atoms with Crippen LogP contribution >= 0.6 is 0 Å². The van der Waals surface area contributed by atoms with Crippen LogP contribution in [0, 0.1) is 0 Å². The Morgan fingerprint density at radius 1 is 1.29 bits per heavy atom. The molecule has 0 saturated heterocycles. The van der Waals surface area contributed by atoms with Gasteiger partial charge in [0.2, 0.25) is 0 Å². The summed E-state index contributed by atoms with van der Waals surface area (Å²) < 4.78 is 29.8. The van der Waals surface area contributed by atoms with Gasteiger partial charge >= 0.3 is 0 Å². The molecule has 17 heavy (non-hydrogen) atoms. The zero-order valence-electron chi connectivity index (χ0n) is 10.6. The van der Waals surface area contributed by atoms with E-state index in [9.17, 15) is 8.42 Å². The molecule has 3 nitrogen and oxygen atoms in total.